The molecule has 1 amide bonds. The Morgan fingerprint density at radius 2 is 1.31 bits per heavy atom. The van der Waals surface area contributed by atoms with Gasteiger partial charge in [-0.1, -0.05) is 53.9 Å². The van der Waals surface area contributed by atoms with Crippen LogP contribution in [-0.4, -0.2) is 81.5 Å². The van der Waals surface area contributed by atoms with Gasteiger partial charge in [-0.2, -0.15) is 5.10 Å². The summed E-state index contributed by atoms with van der Waals surface area (Å²) in [5.74, 6) is -3.77. The lowest BCUT2D eigenvalue weighted by atomic mass is 9.99. The third-order valence-corrected chi connectivity index (χ3v) is 7.80. The van der Waals surface area contributed by atoms with Gasteiger partial charge in [-0.05, 0) is 5.56 Å². The van der Waals surface area contributed by atoms with Crippen molar-refractivity contribution in [2.75, 3.05) is 6.61 Å². The number of hydrogen-bond acceptors (Lipinski definition) is 14. The minimum atomic E-state index is -1.57. The lowest BCUT2D eigenvalue weighted by Gasteiger charge is -2.36. The summed E-state index contributed by atoms with van der Waals surface area (Å²) in [6.45, 7) is 6.26. The molecule has 15 heteroatoms. The molecular formula is C27H34N2O11S2. The van der Waals surface area contributed by atoms with E-state index in [1.165, 1.54) is 35.5 Å². The molecule has 0 N–H and O–H groups in total. The highest BCUT2D eigenvalue weighted by molar-refractivity contribution is 8.39. The second-order valence-corrected chi connectivity index (χ2v) is 11.4. The molecule has 0 spiro atoms. The van der Waals surface area contributed by atoms with Crippen molar-refractivity contribution in [2.24, 2.45) is 5.10 Å². The van der Waals surface area contributed by atoms with Crippen molar-refractivity contribution in [2.45, 2.75) is 83.5 Å². The van der Waals surface area contributed by atoms with Crippen LogP contribution in [0.1, 0.15) is 53.5 Å². The largest absolute Gasteiger partial charge is 0.462 e. The number of thioether (sulfide) groups is 2. The van der Waals surface area contributed by atoms with Crippen molar-refractivity contribution in [3.63, 3.8) is 0 Å². The summed E-state index contributed by atoms with van der Waals surface area (Å²) in [4.78, 5) is 72.6. The minimum Gasteiger partial charge on any atom is -0.462 e. The van der Waals surface area contributed by atoms with E-state index < -0.39 is 72.2 Å². The fraction of sp³-hybridized carbons (Fsp3) is 0.519. The summed E-state index contributed by atoms with van der Waals surface area (Å²) in [6.07, 6.45) is -5.99. The van der Waals surface area contributed by atoms with E-state index in [1.807, 2.05) is 30.3 Å². The molecule has 0 bridgehead atoms. The third kappa shape index (κ3) is 11.7. The molecule has 0 radical (unpaired) electrons. The van der Waals surface area contributed by atoms with E-state index in [1.54, 1.807) is 0 Å². The lowest BCUT2D eigenvalue weighted by Crippen LogP contribution is -2.54. The Labute approximate surface area is 251 Å². The summed E-state index contributed by atoms with van der Waals surface area (Å²) in [6, 6.07) is 9.64. The van der Waals surface area contributed by atoms with Crippen molar-refractivity contribution in [3.05, 3.63) is 35.9 Å². The standard InChI is InChI=1S/C27H34N2O11S2/c1-15(30)29-24(42-27(28-29)41-14-21-10-8-7-9-11-21)12-22(37-17(3)32)25(39-19(5)34)26(40-20(6)35)23(38-18(4)33)13-36-16(2)31/h7-11,22-26H,12-14H2,1-6H3/t22-,23+,24?,25+,26-/m0/s1. The van der Waals surface area contributed by atoms with Gasteiger partial charge in [0, 0.05) is 53.7 Å². The molecule has 1 aromatic rings. The summed E-state index contributed by atoms with van der Waals surface area (Å²) < 4.78 is 27.3. The SMILES string of the molecule is CC(=O)OC[C@@H](OC(C)=O)[C@H](OC(C)=O)[C@H](OC(C)=O)[C@H](CC1SC(SCc2ccccc2)=NN1C(C)=O)OC(C)=O. The topological polar surface area (TPSA) is 164 Å². The van der Waals surface area contributed by atoms with Crippen LogP contribution in [0.15, 0.2) is 35.4 Å². The average Bonchev–Trinajstić information content (AvgIpc) is 3.30. The molecule has 1 aliphatic heterocycles. The molecule has 0 saturated carbocycles. The lowest BCUT2D eigenvalue weighted by molar-refractivity contribution is -0.203. The smallest absolute Gasteiger partial charge is 0.303 e. The van der Waals surface area contributed by atoms with Crippen LogP contribution >= 0.6 is 23.5 Å². The number of carbonyl (C=O) groups excluding carboxylic acids is 6. The molecule has 1 unspecified atom stereocenters. The molecular weight excluding hydrogens is 592 g/mol. The van der Waals surface area contributed by atoms with Crippen molar-refractivity contribution >= 4 is 63.7 Å². The summed E-state index contributed by atoms with van der Waals surface area (Å²) in [5, 5.41) is 4.94. The van der Waals surface area contributed by atoms with Gasteiger partial charge in [-0.15, -0.1) is 0 Å². The molecule has 0 saturated heterocycles. The second kappa shape index (κ2) is 16.8. The summed E-state index contributed by atoms with van der Waals surface area (Å²) in [7, 11) is 0. The first-order chi connectivity index (χ1) is 19.8. The number of hydrazone groups is 1. The number of benzene rings is 1. The van der Waals surface area contributed by atoms with Gasteiger partial charge < -0.3 is 23.7 Å². The van der Waals surface area contributed by atoms with Crippen LogP contribution in [-0.2, 0) is 58.2 Å². The maximum Gasteiger partial charge on any atom is 0.303 e. The average molecular weight is 627 g/mol. The quantitative estimate of drug-likeness (QED) is 0.232. The maximum absolute atomic E-state index is 12.5. The number of nitrogens with zero attached hydrogens (tertiary/aromatic N) is 2. The molecule has 230 valence electrons. The maximum atomic E-state index is 12.5. The monoisotopic (exact) mass is 626 g/mol. The molecule has 42 heavy (non-hydrogen) atoms. The highest BCUT2D eigenvalue weighted by Crippen LogP contribution is 2.37. The van der Waals surface area contributed by atoms with E-state index in [4.69, 9.17) is 23.7 Å². The minimum absolute atomic E-state index is 0.126. The molecule has 1 heterocycles. The first kappa shape index (κ1) is 34.6. The zero-order chi connectivity index (χ0) is 31.4. The molecule has 0 fully saturated rings. The summed E-state index contributed by atoms with van der Waals surface area (Å²) in [5.41, 5.74) is 1.05. The number of carbonyl (C=O) groups is 6. The summed E-state index contributed by atoms with van der Waals surface area (Å²) >= 11 is 2.65. The first-order valence-corrected chi connectivity index (χ1v) is 14.7. The normalized spacial score (nSPS) is 17.1. The van der Waals surface area contributed by atoms with Gasteiger partial charge in [0.2, 0.25) is 5.91 Å². The van der Waals surface area contributed by atoms with Crippen LogP contribution < -0.4 is 0 Å². The van der Waals surface area contributed by atoms with Gasteiger partial charge in [0.25, 0.3) is 0 Å². The van der Waals surface area contributed by atoms with E-state index >= 15 is 0 Å². The van der Waals surface area contributed by atoms with Crippen molar-refractivity contribution < 1.29 is 52.5 Å². The Morgan fingerprint density at radius 1 is 0.786 bits per heavy atom. The molecule has 2 rings (SSSR count). The Balaban J connectivity index is 2.43. The van der Waals surface area contributed by atoms with Gasteiger partial charge in [0.05, 0.1) is 0 Å². The van der Waals surface area contributed by atoms with Gasteiger partial charge >= 0.3 is 29.8 Å². The van der Waals surface area contributed by atoms with E-state index in [-0.39, 0.29) is 6.42 Å². The highest BCUT2D eigenvalue weighted by Gasteiger charge is 2.46. The van der Waals surface area contributed by atoms with Gasteiger partial charge in [0.15, 0.2) is 22.7 Å². The van der Waals surface area contributed by atoms with E-state index in [0.717, 1.165) is 40.2 Å². The Morgan fingerprint density at radius 3 is 1.81 bits per heavy atom. The Kier molecular flexibility index (Phi) is 13.8. The molecule has 0 aliphatic carbocycles. The molecule has 1 aromatic carbocycles. The van der Waals surface area contributed by atoms with Crippen molar-refractivity contribution in [1.29, 1.82) is 0 Å². The third-order valence-electron chi connectivity index (χ3n) is 5.41. The van der Waals surface area contributed by atoms with Gasteiger partial charge in [0.1, 0.15) is 18.1 Å². The number of esters is 5. The number of amides is 1. The zero-order valence-corrected chi connectivity index (χ0v) is 25.7. The highest BCUT2D eigenvalue weighted by atomic mass is 32.2. The first-order valence-electron chi connectivity index (χ1n) is 12.8. The number of rotatable bonds is 13. The van der Waals surface area contributed by atoms with Crippen LogP contribution in [0.2, 0.25) is 0 Å². The predicted molar refractivity (Wildman–Crippen MR) is 153 cm³/mol. The van der Waals surface area contributed by atoms with Crippen LogP contribution in [0.3, 0.4) is 0 Å². The van der Waals surface area contributed by atoms with Crippen LogP contribution in [0, 0.1) is 0 Å². The van der Waals surface area contributed by atoms with Crippen LogP contribution in [0.4, 0.5) is 0 Å². The molecule has 0 aromatic heterocycles. The fourth-order valence-corrected chi connectivity index (χ4v) is 6.27. The predicted octanol–water partition coefficient (Wildman–Crippen LogP) is 2.79. The fourth-order valence-electron chi connectivity index (χ4n) is 3.91. The van der Waals surface area contributed by atoms with E-state index in [2.05, 4.69) is 5.10 Å². The Hall–Kier alpha value is -3.59. The number of hydrogen-bond donors (Lipinski definition) is 0. The van der Waals surface area contributed by atoms with Gasteiger partial charge in [-0.3, -0.25) is 28.8 Å². The van der Waals surface area contributed by atoms with Crippen LogP contribution in [0.5, 0.6) is 0 Å². The molecule has 1 aliphatic rings. The van der Waals surface area contributed by atoms with Gasteiger partial charge in [-0.25, -0.2) is 5.01 Å². The molecule has 5 atom stereocenters. The van der Waals surface area contributed by atoms with Crippen molar-refractivity contribution in [1.82, 2.24) is 5.01 Å². The molecule has 13 nitrogen and oxygen atoms in total. The van der Waals surface area contributed by atoms with E-state index in [9.17, 15) is 28.8 Å². The Bertz CT molecular complexity index is 1180. The second-order valence-electron chi connectivity index (χ2n) is 9.06. The van der Waals surface area contributed by atoms with E-state index in [0.29, 0.717) is 10.1 Å². The zero-order valence-electron chi connectivity index (χ0n) is 24.1. The number of ether oxygens (including phenoxy) is 5. The van der Waals surface area contributed by atoms with Crippen molar-refractivity contribution in [3.8, 4) is 0 Å². The van der Waals surface area contributed by atoms with Crippen LogP contribution in [0.25, 0.3) is 0 Å².